The minimum absolute atomic E-state index is 0.0749. The number of carbonyl (C=O) groups is 4. The second kappa shape index (κ2) is 10.6. The standard InChI is InChI=1S/C18H28N4O6/c1-11(2)15(25)19-7-13(23)9-21-5-6-22(18(28)17(21)27)10-14(24)8-20-16(26)12(3)4/h13-14,23-24H,1,3,5-10H2,2,4H3,(H,19,25)(H,20,26). The van der Waals surface area contributed by atoms with Crippen LogP contribution in [0.15, 0.2) is 24.3 Å². The fourth-order valence-corrected chi connectivity index (χ4v) is 2.42. The van der Waals surface area contributed by atoms with Gasteiger partial charge in [-0.3, -0.25) is 19.2 Å². The normalized spacial score (nSPS) is 16.4. The van der Waals surface area contributed by atoms with E-state index in [1.54, 1.807) is 0 Å². The Morgan fingerprint density at radius 2 is 1.21 bits per heavy atom. The predicted octanol–water partition coefficient (Wildman–Crippen LogP) is -2.24. The Kier molecular flexibility index (Phi) is 8.80. The summed E-state index contributed by atoms with van der Waals surface area (Å²) < 4.78 is 0. The number of nitrogens with zero attached hydrogens (tertiary/aromatic N) is 2. The third-order valence-electron chi connectivity index (χ3n) is 4.03. The monoisotopic (exact) mass is 396 g/mol. The highest BCUT2D eigenvalue weighted by Crippen LogP contribution is 2.07. The zero-order valence-electron chi connectivity index (χ0n) is 16.2. The largest absolute Gasteiger partial charge is 0.389 e. The van der Waals surface area contributed by atoms with Crippen molar-refractivity contribution in [3.8, 4) is 0 Å². The number of nitrogens with one attached hydrogen (secondary N) is 2. The maximum absolute atomic E-state index is 12.2. The van der Waals surface area contributed by atoms with Crippen molar-refractivity contribution in [2.75, 3.05) is 39.3 Å². The van der Waals surface area contributed by atoms with E-state index in [4.69, 9.17) is 0 Å². The summed E-state index contributed by atoms with van der Waals surface area (Å²) >= 11 is 0. The van der Waals surface area contributed by atoms with Gasteiger partial charge in [-0.15, -0.1) is 0 Å². The SMILES string of the molecule is C=C(C)C(=O)NCC(O)CN1CCN(CC(O)CNC(=O)C(=C)C)C(=O)C1=O. The fourth-order valence-electron chi connectivity index (χ4n) is 2.42. The molecule has 4 N–H and O–H groups in total. The van der Waals surface area contributed by atoms with Gasteiger partial charge in [-0.25, -0.2) is 0 Å². The summed E-state index contributed by atoms with van der Waals surface area (Å²) in [6.07, 6.45) is -2.07. The highest BCUT2D eigenvalue weighted by atomic mass is 16.3. The molecule has 1 aliphatic heterocycles. The Balaban J connectivity index is 2.47. The molecule has 10 nitrogen and oxygen atoms in total. The summed E-state index contributed by atoms with van der Waals surface area (Å²) in [5, 5.41) is 24.9. The molecule has 156 valence electrons. The zero-order chi connectivity index (χ0) is 21.4. The number of amides is 4. The lowest BCUT2D eigenvalue weighted by molar-refractivity contribution is -0.157. The van der Waals surface area contributed by atoms with E-state index in [1.165, 1.54) is 23.6 Å². The molecule has 1 saturated heterocycles. The molecule has 1 aliphatic rings. The van der Waals surface area contributed by atoms with Crippen LogP contribution in [-0.2, 0) is 19.2 Å². The predicted molar refractivity (Wildman–Crippen MR) is 101 cm³/mol. The van der Waals surface area contributed by atoms with Gasteiger partial charge in [0.15, 0.2) is 0 Å². The Morgan fingerprint density at radius 1 is 0.893 bits per heavy atom. The van der Waals surface area contributed by atoms with Gasteiger partial charge in [-0.2, -0.15) is 0 Å². The van der Waals surface area contributed by atoms with Crippen LogP contribution in [0, 0.1) is 0 Å². The van der Waals surface area contributed by atoms with Crippen molar-refractivity contribution in [2.45, 2.75) is 26.1 Å². The van der Waals surface area contributed by atoms with E-state index in [0.29, 0.717) is 11.1 Å². The average molecular weight is 396 g/mol. The van der Waals surface area contributed by atoms with Gasteiger partial charge in [0.2, 0.25) is 11.8 Å². The number of hydrogen-bond acceptors (Lipinski definition) is 6. The quantitative estimate of drug-likeness (QED) is 0.243. The van der Waals surface area contributed by atoms with Gasteiger partial charge >= 0.3 is 11.8 Å². The number of aliphatic hydroxyl groups excluding tert-OH is 2. The number of β-amino-alcohol motifs (C(OH)–C–C–N with tert-alkyl or cyclic N) is 2. The molecule has 0 aliphatic carbocycles. The van der Waals surface area contributed by atoms with Gasteiger partial charge in [0.05, 0.1) is 12.2 Å². The number of piperazine rings is 1. The van der Waals surface area contributed by atoms with E-state index in [9.17, 15) is 29.4 Å². The van der Waals surface area contributed by atoms with Crippen LogP contribution in [0.25, 0.3) is 0 Å². The van der Waals surface area contributed by atoms with Crippen molar-refractivity contribution in [1.29, 1.82) is 0 Å². The minimum atomic E-state index is -1.03. The molecule has 0 aromatic heterocycles. The number of carbonyl (C=O) groups excluding carboxylic acids is 4. The van der Waals surface area contributed by atoms with Gasteiger partial charge in [-0.05, 0) is 13.8 Å². The smallest absolute Gasteiger partial charge is 0.312 e. The first kappa shape index (κ1) is 23.3. The summed E-state index contributed by atoms with van der Waals surface area (Å²) in [6.45, 7) is 10.0. The number of rotatable bonds is 10. The van der Waals surface area contributed by atoms with E-state index in [2.05, 4.69) is 23.8 Å². The summed E-state index contributed by atoms with van der Waals surface area (Å²) in [5.41, 5.74) is 0.593. The molecule has 2 atom stereocenters. The first-order valence-corrected chi connectivity index (χ1v) is 8.84. The molecule has 1 fully saturated rings. The molecular weight excluding hydrogens is 368 g/mol. The molecule has 2 unspecified atom stereocenters. The van der Waals surface area contributed by atoms with Crippen LogP contribution >= 0.6 is 0 Å². The first-order valence-electron chi connectivity index (χ1n) is 8.84. The molecule has 10 heteroatoms. The van der Waals surface area contributed by atoms with E-state index in [1.807, 2.05) is 0 Å². The van der Waals surface area contributed by atoms with Gasteiger partial charge in [0.1, 0.15) is 0 Å². The van der Waals surface area contributed by atoms with E-state index < -0.39 is 35.8 Å². The maximum atomic E-state index is 12.2. The van der Waals surface area contributed by atoms with Crippen LogP contribution in [0.1, 0.15) is 13.8 Å². The van der Waals surface area contributed by atoms with Crippen molar-refractivity contribution in [2.24, 2.45) is 0 Å². The zero-order valence-corrected chi connectivity index (χ0v) is 16.2. The average Bonchev–Trinajstić information content (AvgIpc) is 2.63. The number of hydrogen-bond donors (Lipinski definition) is 4. The van der Waals surface area contributed by atoms with Gasteiger partial charge < -0.3 is 30.6 Å². The van der Waals surface area contributed by atoms with Crippen molar-refractivity contribution in [1.82, 2.24) is 20.4 Å². The first-order chi connectivity index (χ1) is 13.0. The lowest BCUT2D eigenvalue weighted by atomic mass is 10.2. The lowest BCUT2D eigenvalue weighted by Gasteiger charge is -2.35. The van der Waals surface area contributed by atoms with Gasteiger partial charge in [0.25, 0.3) is 0 Å². The molecular formula is C18H28N4O6. The summed E-state index contributed by atoms with van der Waals surface area (Å²) in [6, 6.07) is 0. The summed E-state index contributed by atoms with van der Waals surface area (Å²) in [5.74, 6) is -2.40. The Hall–Kier alpha value is -2.72. The second-order valence-corrected chi connectivity index (χ2v) is 6.79. The third-order valence-corrected chi connectivity index (χ3v) is 4.03. The molecule has 0 bridgehead atoms. The highest BCUT2D eigenvalue weighted by molar-refractivity contribution is 6.35. The Bertz CT molecular complexity index is 606. The fraction of sp³-hybridized carbons (Fsp3) is 0.556. The lowest BCUT2D eigenvalue weighted by Crippen LogP contribution is -2.58. The Labute approximate surface area is 163 Å². The number of aliphatic hydroxyl groups is 2. The van der Waals surface area contributed by atoms with Crippen LogP contribution < -0.4 is 10.6 Å². The molecule has 0 aromatic rings. The molecule has 0 spiro atoms. The van der Waals surface area contributed by atoms with Gasteiger partial charge in [-0.1, -0.05) is 13.2 Å². The van der Waals surface area contributed by atoms with Crippen LogP contribution in [0.4, 0.5) is 0 Å². The maximum Gasteiger partial charge on any atom is 0.312 e. The van der Waals surface area contributed by atoms with E-state index in [0.717, 1.165) is 0 Å². The molecule has 1 rings (SSSR count). The molecule has 0 saturated carbocycles. The third kappa shape index (κ3) is 7.12. The van der Waals surface area contributed by atoms with Crippen LogP contribution in [-0.4, -0.2) is 95.1 Å². The van der Waals surface area contributed by atoms with E-state index in [-0.39, 0.29) is 39.3 Å². The summed E-state index contributed by atoms with van der Waals surface area (Å²) in [7, 11) is 0. The van der Waals surface area contributed by atoms with Crippen molar-refractivity contribution < 1.29 is 29.4 Å². The molecule has 4 amide bonds. The highest BCUT2D eigenvalue weighted by Gasteiger charge is 2.34. The summed E-state index contributed by atoms with van der Waals surface area (Å²) in [4.78, 5) is 49.7. The molecule has 28 heavy (non-hydrogen) atoms. The molecule has 1 heterocycles. The minimum Gasteiger partial charge on any atom is -0.389 e. The van der Waals surface area contributed by atoms with Crippen LogP contribution in [0.2, 0.25) is 0 Å². The van der Waals surface area contributed by atoms with Crippen molar-refractivity contribution in [3.05, 3.63) is 24.3 Å². The molecule has 0 radical (unpaired) electrons. The van der Waals surface area contributed by atoms with Crippen LogP contribution in [0.3, 0.4) is 0 Å². The van der Waals surface area contributed by atoms with Crippen LogP contribution in [0.5, 0.6) is 0 Å². The molecule has 0 aromatic carbocycles. The van der Waals surface area contributed by atoms with Gasteiger partial charge in [0, 0.05) is 50.4 Å². The van der Waals surface area contributed by atoms with Crippen molar-refractivity contribution >= 4 is 23.6 Å². The topological polar surface area (TPSA) is 139 Å². The van der Waals surface area contributed by atoms with E-state index >= 15 is 0 Å². The Morgan fingerprint density at radius 3 is 1.50 bits per heavy atom. The second-order valence-electron chi connectivity index (χ2n) is 6.79. The van der Waals surface area contributed by atoms with Crippen molar-refractivity contribution in [3.63, 3.8) is 0 Å².